The van der Waals surface area contributed by atoms with Crippen LogP contribution >= 0.6 is 0 Å². The smallest absolute Gasteiger partial charge is 0.255 e. The largest absolute Gasteiger partial charge is 0.496 e. The quantitative estimate of drug-likeness (QED) is 0.712. The van der Waals surface area contributed by atoms with E-state index in [1.807, 2.05) is 49.4 Å². The Kier molecular flexibility index (Phi) is 3.03. The van der Waals surface area contributed by atoms with Crippen molar-refractivity contribution in [3.8, 4) is 11.4 Å². The summed E-state index contributed by atoms with van der Waals surface area (Å²) >= 11 is 0. The van der Waals surface area contributed by atoms with Crippen molar-refractivity contribution < 1.29 is 4.74 Å². The van der Waals surface area contributed by atoms with Gasteiger partial charge in [0.25, 0.3) is 5.56 Å². The van der Waals surface area contributed by atoms with E-state index in [1.54, 1.807) is 23.8 Å². The Balaban J connectivity index is 2.37. The van der Waals surface area contributed by atoms with Crippen molar-refractivity contribution in [2.45, 2.75) is 6.92 Å². The minimum absolute atomic E-state index is 0.0467. The number of methoxy groups -OCH3 is 1. The molecule has 0 spiro atoms. The number of nitrogens with zero attached hydrogens (tertiary/aromatic N) is 1. The molecule has 3 heteroatoms. The number of hydrogen-bond donors (Lipinski definition) is 0. The molecule has 1 aromatic heterocycles. The summed E-state index contributed by atoms with van der Waals surface area (Å²) in [4.78, 5) is 12.2. The summed E-state index contributed by atoms with van der Waals surface area (Å²) in [7, 11) is 1.64. The molecule has 0 radical (unpaired) electrons. The zero-order valence-corrected chi connectivity index (χ0v) is 11.5. The van der Waals surface area contributed by atoms with Crippen LogP contribution in [0.5, 0.6) is 5.75 Å². The van der Waals surface area contributed by atoms with Gasteiger partial charge in [0, 0.05) is 17.1 Å². The Morgan fingerprint density at radius 3 is 2.40 bits per heavy atom. The lowest BCUT2D eigenvalue weighted by Gasteiger charge is -2.12. The molecular formula is C17H15NO2. The van der Waals surface area contributed by atoms with E-state index in [9.17, 15) is 4.79 Å². The maximum atomic E-state index is 12.2. The highest BCUT2D eigenvalue weighted by Gasteiger charge is 2.08. The number of fused-ring (bicyclic) bond motifs is 1. The molecule has 3 aromatic rings. The summed E-state index contributed by atoms with van der Waals surface area (Å²) in [6, 6.07) is 17.0. The van der Waals surface area contributed by atoms with Crippen molar-refractivity contribution in [3.05, 3.63) is 70.5 Å². The number of aryl methyl sites for hydroxylation is 1. The first-order valence-electron chi connectivity index (χ1n) is 6.46. The summed E-state index contributed by atoms with van der Waals surface area (Å²) in [5.41, 5.74) is 2.83. The topological polar surface area (TPSA) is 31.2 Å². The van der Waals surface area contributed by atoms with Crippen LogP contribution in [-0.4, -0.2) is 11.7 Å². The Morgan fingerprint density at radius 1 is 0.950 bits per heavy atom. The van der Waals surface area contributed by atoms with Gasteiger partial charge in [-0.05, 0) is 37.3 Å². The molecule has 0 aliphatic rings. The minimum Gasteiger partial charge on any atom is -0.496 e. The Labute approximate surface area is 117 Å². The standard InChI is InChI=1S/C17H15NO2/c1-12-6-8-13(9-7-12)18-15-4-3-5-16(20-2)14(15)10-11-17(18)19/h3-11H,1-2H3. The first-order valence-corrected chi connectivity index (χ1v) is 6.46. The number of hydrogen-bond acceptors (Lipinski definition) is 2. The number of ether oxygens (including phenoxy) is 1. The highest BCUT2D eigenvalue weighted by atomic mass is 16.5. The van der Waals surface area contributed by atoms with E-state index in [1.165, 1.54) is 5.56 Å². The van der Waals surface area contributed by atoms with Crippen LogP contribution in [0.3, 0.4) is 0 Å². The zero-order chi connectivity index (χ0) is 14.1. The first kappa shape index (κ1) is 12.5. The molecule has 2 aromatic carbocycles. The molecule has 0 aliphatic carbocycles. The normalized spacial score (nSPS) is 10.7. The van der Waals surface area contributed by atoms with Crippen LogP contribution in [0, 0.1) is 6.92 Å². The average molecular weight is 265 g/mol. The number of benzene rings is 2. The van der Waals surface area contributed by atoms with Gasteiger partial charge in [0.15, 0.2) is 0 Å². The van der Waals surface area contributed by atoms with Gasteiger partial charge < -0.3 is 4.74 Å². The van der Waals surface area contributed by atoms with E-state index in [0.717, 1.165) is 22.3 Å². The maximum absolute atomic E-state index is 12.2. The zero-order valence-electron chi connectivity index (χ0n) is 11.5. The Hall–Kier alpha value is -2.55. The highest BCUT2D eigenvalue weighted by Crippen LogP contribution is 2.25. The lowest BCUT2D eigenvalue weighted by molar-refractivity contribution is 0.419. The lowest BCUT2D eigenvalue weighted by atomic mass is 10.1. The molecular weight excluding hydrogens is 250 g/mol. The van der Waals surface area contributed by atoms with Gasteiger partial charge in [0.2, 0.25) is 0 Å². The van der Waals surface area contributed by atoms with E-state index in [0.29, 0.717) is 0 Å². The third-order valence-electron chi connectivity index (χ3n) is 3.41. The Bertz CT molecular complexity index is 817. The van der Waals surface area contributed by atoms with Crippen LogP contribution in [0.25, 0.3) is 16.6 Å². The fourth-order valence-corrected chi connectivity index (χ4v) is 2.38. The summed E-state index contributed by atoms with van der Waals surface area (Å²) in [5, 5.41) is 0.926. The highest BCUT2D eigenvalue weighted by molar-refractivity contribution is 5.86. The van der Waals surface area contributed by atoms with E-state index >= 15 is 0 Å². The number of aromatic nitrogens is 1. The predicted molar refractivity (Wildman–Crippen MR) is 80.8 cm³/mol. The van der Waals surface area contributed by atoms with Crippen LogP contribution in [-0.2, 0) is 0 Å². The molecule has 0 amide bonds. The second-order valence-electron chi connectivity index (χ2n) is 4.74. The van der Waals surface area contributed by atoms with Crippen molar-refractivity contribution in [2.75, 3.05) is 7.11 Å². The van der Waals surface area contributed by atoms with Gasteiger partial charge in [-0.15, -0.1) is 0 Å². The Morgan fingerprint density at radius 2 is 1.70 bits per heavy atom. The summed E-state index contributed by atoms with van der Waals surface area (Å²) in [6.45, 7) is 2.03. The summed E-state index contributed by atoms with van der Waals surface area (Å²) < 4.78 is 7.07. The molecule has 0 N–H and O–H groups in total. The van der Waals surface area contributed by atoms with Crippen LogP contribution in [0.4, 0.5) is 0 Å². The molecule has 0 atom stereocenters. The van der Waals surface area contributed by atoms with Gasteiger partial charge in [-0.2, -0.15) is 0 Å². The molecule has 0 aliphatic heterocycles. The maximum Gasteiger partial charge on any atom is 0.255 e. The third kappa shape index (κ3) is 1.97. The average Bonchev–Trinajstić information content (AvgIpc) is 2.47. The monoisotopic (exact) mass is 265 g/mol. The molecule has 20 heavy (non-hydrogen) atoms. The SMILES string of the molecule is COc1cccc2c1ccc(=O)n2-c1ccc(C)cc1. The van der Waals surface area contributed by atoms with Crippen molar-refractivity contribution in [3.63, 3.8) is 0 Å². The first-order chi connectivity index (χ1) is 9.70. The van der Waals surface area contributed by atoms with Crippen LogP contribution in [0.15, 0.2) is 59.4 Å². The van der Waals surface area contributed by atoms with E-state index < -0.39 is 0 Å². The summed E-state index contributed by atoms with van der Waals surface area (Å²) in [5.74, 6) is 0.767. The number of rotatable bonds is 2. The fourth-order valence-electron chi connectivity index (χ4n) is 2.38. The van der Waals surface area contributed by atoms with Crippen molar-refractivity contribution in [2.24, 2.45) is 0 Å². The molecule has 100 valence electrons. The van der Waals surface area contributed by atoms with Gasteiger partial charge in [-0.25, -0.2) is 0 Å². The molecule has 0 unspecified atom stereocenters. The van der Waals surface area contributed by atoms with Crippen LogP contribution in [0.1, 0.15) is 5.56 Å². The third-order valence-corrected chi connectivity index (χ3v) is 3.41. The molecule has 3 nitrogen and oxygen atoms in total. The second kappa shape index (κ2) is 4.85. The lowest BCUT2D eigenvalue weighted by Crippen LogP contribution is -2.17. The van der Waals surface area contributed by atoms with Gasteiger partial charge in [0.1, 0.15) is 5.75 Å². The van der Waals surface area contributed by atoms with Crippen molar-refractivity contribution in [1.82, 2.24) is 4.57 Å². The molecule has 0 fully saturated rings. The van der Waals surface area contributed by atoms with Crippen LogP contribution in [0.2, 0.25) is 0 Å². The van der Waals surface area contributed by atoms with E-state index in [-0.39, 0.29) is 5.56 Å². The van der Waals surface area contributed by atoms with Crippen molar-refractivity contribution in [1.29, 1.82) is 0 Å². The van der Waals surface area contributed by atoms with Crippen molar-refractivity contribution >= 4 is 10.9 Å². The molecule has 0 bridgehead atoms. The molecule has 3 rings (SSSR count). The van der Waals surface area contributed by atoms with Gasteiger partial charge in [-0.1, -0.05) is 23.8 Å². The van der Waals surface area contributed by atoms with Crippen LogP contribution < -0.4 is 10.3 Å². The van der Waals surface area contributed by atoms with E-state index in [2.05, 4.69) is 0 Å². The van der Waals surface area contributed by atoms with Gasteiger partial charge >= 0.3 is 0 Å². The van der Waals surface area contributed by atoms with Gasteiger partial charge in [0.05, 0.1) is 12.6 Å². The number of pyridine rings is 1. The fraction of sp³-hybridized carbons (Fsp3) is 0.118. The molecule has 0 saturated heterocycles. The predicted octanol–water partition coefficient (Wildman–Crippen LogP) is 3.31. The second-order valence-corrected chi connectivity index (χ2v) is 4.74. The van der Waals surface area contributed by atoms with Gasteiger partial charge in [-0.3, -0.25) is 9.36 Å². The molecule has 1 heterocycles. The van der Waals surface area contributed by atoms with E-state index in [4.69, 9.17) is 4.74 Å². The summed E-state index contributed by atoms with van der Waals surface area (Å²) in [6.07, 6.45) is 0. The minimum atomic E-state index is -0.0467. The molecule has 0 saturated carbocycles.